The molecule has 2 aromatic carbocycles. The number of carbonyl (C=O) groups is 2. The second-order valence-electron chi connectivity index (χ2n) is 6.59. The van der Waals surface area contributed by atoms with Crippen LogP contribution in [0.3, 0.4) is 0 Å². The third kappa shape index (κ3) is 4.79. The van der Waals surface area contributed by atoms with Crippen molar-refractivity contribution in [2.24, 2.45) is 0 Å². The summed E-state index contributed by atoms with van der Waals surface area (Å²) in [6.07, 6.45) is 0. The van der Waals surface area contributed by atoms with Crippen molar-refractivity contribution >= 4 is 23.3 Å². The largest absolute Gasteiger partial charge is 0.348 e. The second-order valence-corrected chi connectivity index (χ2v) is 6.59. The number of nitrogens with one attached hydrogen (secondary N) is 2. The summed E-state index contributed by atoms with van der Waals surface area (Å²) in [6, 6.07) is 18.4. The number of benzene rings is 2. The summed E-state index contributed by atoms with van der Waals surface area (Å²) in [6.45, 7) is 5.31. The predicted octanol–water partition coefficient (Wildman–Crippen LogP) is 4.41. The lowest BCUT2D eigenvalue weighted by molar-refractivity contribution is 0.100. The molecule has 28 heavy (non-hydrogen) atoms. The van der Waals surface area contributed by atoms with Crippen molar-refractivity contribution < 1.29 is 9.59 Å². The molecule has 0 aliphatic carbocycles. The smallest absolute Gasteiger partial charge is 0.274 e. The maximum absolute atomic E-state index is 12.6. The van der Waals surface area contributed by atoms with Gasteiger partial charge in [0, 0.05) is 16.9 Å². The molecular formula is C22H22N4O2. The highest BCUT2D eigenvalue weighted by molar-refractivity contribution is 6.04. The number of carbonyl (C=O) groups excluding carboxylic acids is 2. The molecule has 1 aromatic heterocycles. The Morgan fingerprint density at radius 2 is 1.71 bits per heavy atom. The summed E-state index contributed by atoms with van der Waals surface area (Å²) in [7, 11) is 0. The Bertz CT molecular complexity index is 1000. The van der Waals surface area contributed by atoms with Crippen molar-refractivity contribution in [3.05, 3.63) is 83.2 Å². The van der Waals surface area contributed by atoms with E-state index in [4.69, 9.17) is 0 Å². The number of aryl methyl sites for hydroxylation is 1. The van der Waals surface area contributed by atoms with Crippen molar-refractivity contribution in [1.29, 1.82) is 0 Å². The van der Waals surface area contributed by atoms with Gasteiger partial charge in [0.2, 0.25) is 5.95 Å². The van der Waals surface area contributed by atoms with E-state index in [2.05, 4.69) is 20.6 Å². The number of hydrogen-bond acceptors (Lipinski definition) is 5. The lowest BCUT2D eigenvalue weighted by atomic mass is 10.1. The van der Waals surface area contributed by atoms with Crippen LogP contribution in [0.15, 0.2) is 60.7 Å². The Hall–Kier alpha value is -3.54. The van der Waals surface area contributed by atoms with Gasteiger partial charge in [-0.05, 0) is 44.5 Å². The Labute approximate surface area is 164 Å². The summed E-state index contributed by atoms with van der Waals surface area (Å²) >= 11 is 0. The summed E-state index contributed by atoms with van der Waals surface area (Å²) < 4.78 is 0. The van der Waals surface area contributed by atoms with E-state index >= 15 is 0 Å². The van der Waals surface area contributed by atoms with E-state index in [1.165, 1.54) is 6.92 Å². The molecule has 0 fully saturated rings. The zero-order chi connectivity index (χ0) is 20.1. The average molecular weight is 374 g/mol. The fourth-order valence-corrected chi connectivity index (χ4v) is 2.78. The summed E-state index contributed by atoms with van der Waals surface area (Å²) in [4.78, 5) is 32.9. The fourth-order valence-electron chi connectivity index (χ4n) is 2.78. The second kappa shape index (κ2) is 8.43. The monoisotopic (exact) mass is 374 g/mol. The molecule has 3 rings (SSSR count). The Kier molecular flexibility index (Phi) is 5.79. The molecule has 1 atom stereocenters. The first-order valence-corrected chi connectivity index (χ1v) is 9.02. The van der Waals surface area contributed by atoms with Gasteiger partial charge >= 0.3 is 0 Å². The minimum atomic E-state index is -0.360. The van der Waals surface area contributed by atoms with Crippen LogP contribution in [-0.2, 0) is 0 Å². The molecule has 0 bridgehead atoms. The molecule has 1 unspecified atom stereocenters. The van der Waals surface area contributed by atoms with E-state index in [0.717, 1.165) is 5.56 Å². The van der Waals surface area contributed by atoms with E-state index in [1.807, 2.05) is 44.2 Å². The molecule has 0 aliphatic heterocycles. The molecule has 0 radical (unpaired) electrons. The molecule has 6 nitrogen and oxygen atoms in total. The molecule has 0 spiro atoms. The Morgan fingerprint density at radius 3 is 2.43 bits per heavy atom. The van der Waals surface area contributed by atoms with E-state index in [9.17, 15) is 9.59 Å². The number of anilines is 2. The number of ketones is 1. The van der Waals surface area contributed by atoms with Gasteiger partial charge in [0.05, 0.1) is 6.04 Å². The number of rotatable bonds is 6. The van der Waals surface area contributed by atoms with Gasteiger partial charge < -0.3 is 10.6 Å². The average Bonchev–Trinajstić information content (AvgIpc) is 2.68. The zero-order valence-corrected chi connectivity index (χ0v) is 16.1. The first-order valence-electron chi connectivity index (χ1n) is 9.02. The van der Waals surface area contributed by atoms with Crippen LogP contribution in [-0.4, -0.2) is 21.7 Å². The van der Waals surface area contributed by atoms with Gasteiger partial charge in [0.1, 0.15) is 5.69 Å². The maximum Gasteiger partial charge on any atom is 0.274 e. The normalized spacial score (nSPS) is 11.5. The van der Waals surface area contributed by atoms with E-state index in [-0.39, 0.29) is 23.4 Å². The first kappa shape index (κ1) is 19.2. The third-order valence-electron chi connectivity index (χ3n) is 4.26. The number of Topliss-reactive ketones (excluding diaryl/α,β-unsaturated/α-hetero) is 1. The van der Waals surface area contributed by atoms with Gasteiger partial charge in [-0.1, -0.05) is 42.5 Å². The molecule has 6 heteroatoms. The molecule has 0 aliphatic rings. The van der Waals surface area contributed by atoms with Crippen molar-refractivity contribution in [1.82, 2.24) is 9.97 Å². The van der Waals surface area contributed by atoms with Crippen LogP contribution in [0.5, 0.6) is 0 Å². The topological polar surface area (TPSA) is 84.0 Å². The summed E-state index contributed by atoms with van der Waals surface area (Å²) in [5.74, 6) is -0.0315. The van der Waals surface area contributed by atoms with Gasteiger partial charge in [-0.25, -0.2) is 9.97 Å². The molecule has 0 saturated heterocycles. The molecule has 0 saturated carbocycles. The van der Waals surface area contributed by atoms with E-state index in [0.29, 0.717) is 22.9 Å². The van der Waals surface area contributed by atoms with Crippen LogP contribution < -0.4 is 10.6 Å². The van der Waals surface area contributed by atoms with Crippen LogP contribution in [0, 0.1) is 6.92 Å². The lowest BCUT2D eigenvalue weighted by Gasteiger charge is -2.15. The van der Waals surface area contributed by atoms with Crippen LogP contribution in [0.1, 0.15) is 52.0 Å². The number of aromatic nitrogens is 2. The zero-order valence-electron chi connectivity index (χ0n) is 16.1. The van der Waals surface area contributed by atoms with Gasteiger partial charge in [-0.3, -0.25) is 9.59 Å². The first-order chi connectivity index (χ1) is 13.4. The number of nitrogens with zero attached hydrogens (tertiary/aromatic N) is 2. The fraction of sp³-hybridized carbons (Fsp3) is 0.182. The van der Waals surface area contributed by atoms with E-state index < -0.39 is 0 Å². The number of hydrogen-bond donors (Lipinski definition) is 2. The molecule has 2 N–H and O–H groups in total. The number of amides is 1. The highest BCUT2D eigenvalue weighted by atomic mass is 16.2. The van der Waals surface area contributed by atoms with Gasteiger partial charge in [-0.15, -0.1) is 0 Å². The van der Waals surface area contributed by atoms with Crippen LogP contribution in [0.25, 0.3) is 0 Å². The minimum Gasteiger partial charge on any atom is -0.348 e. The van der Waals surface area contributed by atoms with Crippen LogP contribution in [0.2, 0.25) is 0 Å². The molecular weight excluding hydrogens is 352 g/mol. The maximum atomic E-state index is 12.6. The lowest BCUT2D eigenvalue weighted by Crippen LogP contribution is -2.17. The summed E-state index contributed by atoms with van der Waals surface area (Å²) in [5, 5.41) is 6.02. The van der Waals surface area contributed by atoms with Gasteiger partial charge in [0.25, 0.3) is 5.91 Å². The third-order valence-corrected chi connectivity index (χ3v) is 4.26. The van der Waals surface area contributed by atoms with Gasteiger partial charge in [-0.2, -0.15) is 0 Å². The van der Waals surface area contributed by atoms with E-state index in [1.54, 1.807) is 30.3 Å². The van der Waals surface area contributed by atoms with Crippen molar-refractivity contribution in [3.63, 3.8) is 0 Å². The quantitative estimate of drug-likeness (QED) is 0.624. The van der Waals surface area contributed by atoms with Crippen molar-refractivity contribution in [2.45, 2.75) is 26.8 Å². The predicted molar refractivity (Wildman–Crippen MR) is 110 cm³/mol. The van der Waals surface area contributed by atoms with Crippen molar-refractivity contribution in [3.8, 4) is 0 Å². The minimum absolute atomic E-state index is 0.00819. The molecule has 3 aromatic rings. The highest BCUT2D eigenvalue weighted by Crippen LogP contribution is 2.18. The van der Waals surface area contributed by atoms with Crippen LogP contribution in [0.4, 0.5) is 11.6 Å². The molecule has 1 heterocycles. The highest BCUT2D eigenvalue weighted by Gasteiger charge is 2.13. The summed E-state index contributed by atoms with van der Waals surface area (Å²) in [5.41, 5.74) is 3.11. The Balaban J connectivity index is 1.78. The van der Waals surface area contributed by atoms with Gasteiger partial charge in [0.15, 0.2) is 5.78 Å². The standard InChI is InChI=1S/C22H22N4O2/c1-14-12-20(21(28)25-19-11-7-10-18(13-19)16(3)27)26-22(23-14)24-15(2)17-8-5-4-6-9-17/h4-13,15H,1-3H3,(H,25,28)(H,23,24,26). The molecule has 1 amide bonds. The SMILES string of the molecule is CC(=O)c1cccc(NC(=O)c2cc(C)nc(NC(C)c3ccccc3)n2)c1. The Morgan fingerprint density at radius 1 is 0.964 bits per heavy atom. The molecule has 142 valence electrons. The van der Waals surface area contributed by atoms with Crippen molar-refractivity contribution in [2.75, 3.05) is 10.6 Å². The van der Waals surface area contributed by atoms with Crippen LogP contribution >= 0.6 is 0 Å².